The first-order valence-corrected chi connectivity index (χ1v) is 9.84. The summed E-state index contributed by atoms with van der Waals surface area (Å²) in [4.78, 5) is 22.9. The van der Waals surface area contributed by atoms with Gasteiger partial charge in [-0.1, -0.05) is 57.3 Å². The molecule has 0 aromatic heterocycles. The minimum absolute atomic E-state index is 0.00596. The van der Waals surface area contributed by atoms with Crippen molar-refractivity contribution in [3.63, 3.8) is 0 Å². The second-order valence-electron chi connectivity index (χ2n) is 7.62. The third kappa shape index (κ3) is 6.43. The third-order valence-corrected chi connectivity index (χ3v) is 5.55. The predicted molar refractivity (Wildman–Crippen MR) is 98.1 cm³/mol. The van der Waals surface area contributed by atoms with Gasteiger partial charge >= 0.3 is 5.97 Å². The highest BCUT2D eigenvalue weighted by atomic mass is 16.4. The quantitative estimate of drug-likeness (QED) is 0.411. The summed E-state index contributed by atoms with van der Waals surface area (Å²) in [6.07, 6.45) is 15.7. The first kappa shape index (κ1) is 19.9. The van der Waals surface area contributed by atoms with Gasteiger partial charge in [0.2, 0.25) is 0 Å². The number of ketones is 1. The molecule has 2 aliphatic rings. The van der Waals surface area contributed by atoms with E-state index in [1.165, 1.54) is 0 Å². The van der Waals surface area contributed by atoms with Gasteiger partial charge in [-0.3, -0.25) is 9.59 Å². The van der Waals surface area contributed by atoms with Crippen LogP contribution in [0, 0.1) is 23.7 Å². The van der Waals surface area contributed by atoms with Crippen LogP contribution in [0.2, 0.25) is 0 Å². The van der Waals surface area contributed by atoms with E-state index >= 15 is 0 Å². The molecule has 0 aromatic carbocycles. The van der Waals surface area contributed by atoms with Crippen molar-refractivity contribution in [2.75, 3.05) is 0 Å². The molecule has 4 nitrogen and oxygen atoms in total. The van der Waals surface area contributed by atoms with Crippen LogP contribution in [0.25, 0.3) is 0 Å². The van der Waals surface area contributed by atoms with Crippen LogP contribution < -0.4 is 0 Å². The molecule has 0 unspecified atom stereocenters. The number of hydrogen-bond acceptors (Lipinski definition) is 3. The molecule has 2 N–H and O–H groups in total. The van der Waals surface area contributed by atoms with Gasteiger partial charge in [0.1, 0.15) is 0 Å². The maximum atomic E-state index is 12.1. The lowest BCUT2D eigenvalue weighted by Gasteiger charge is -2.15. The highest BCUT2D eigenvalue weighted by Gasteiger charge is 2.42. The zero-order valence-electron chi connectivity index (χ0n) is 15.3. The molecule has 2 aliphatic carbocycles. The molecular weight excluding hydrogens is 316 g/mol. The van der Waals surface area contributed by atoms with Crippen LogP contribution in [0.5, 0.6) is 0 Å². The Morgan fingerprint density at radius 2 is 2.04 bits per heavy atom. The van der Waals surface area contributed by atoms with Gasteiger partial charge in [-0.2, -0.15) is 0 Å². The zero-order valence-corrected chi connectivity index (χ0v) is 15.3. The number of aliphatic hydroxyl groups excluding tert-OH is 1. The standard InChI is InChI=1S/C21H32O4/c1-2-3-4-8-17(22)12-10-15-11-13-20(23)18(15)9-6-5-7-16-14-19(16)21(24)25/h10-13,15-19,22H,2-9,14H2,1H3,(H,24,25)/t15-,16+,17-,18+,19+/m0/s1. The van der Waals surface area contributed by atoms with Crippen LogP contribution in [-0.4, -0.2) is 28.1 Å². The molecule has 0 aromatic rings. The van der Waals surface area contributed by atoms with E-state index < -0.39 is 12.1 Å². The number of carbonyl (C=O) groups is 2. The van der Waals surface area contributed by atoms with Crippen molar-refractivity contribution >= 4 is 11.8 Å². The third-order valence-electron chi connectivity index (χ3n) is 5.55. The Labute approximate surface area is 151 Å². The van der Waals surface area contributed by atoms with E-state index in [1.807, 2.05) is 18.2 Å². The molecule has 0 aliphatic heterocycles. The monoisotopic (exact) mass is 348 g/mol. The van der Waals surface area contributed by atoms with Crippen molar-refractivity contribution in [3.05, 3.63) is 24.3 Å². The summed E-state index contributed by atoms with van der Waals surface area (Å²) in [5, 5.41) is 18.9. The molecule has 0 bridgehead atoms. The molecule has 1 fully saturated rings. The highest BCUT2D eigenvalue weighted by Crippen LogP contribution is 2.42. The van der Waals surface area contributed by atoms with E-state index in [2.05, 4.69) is 6.92 Å². The molecule has 0 radical (unpaired) electrons. The molecule has 25 heavy (non-hydrogen) atoms. The molecular formula is C21H32O4. The number of aliphatic hydroxyl groups is 1. The van der Waals surface area contributed by atoms with Crippen LogP contribution in [0.1, 0.15) is 64.7 Å². The summed E-state index contributed by atoms with van der Waals surface area (Å²) in [5.74, 6) is -0.161. The Kier molecular flexibility index (Phi) is 7.89. The number of aliphatic carboxylic acids is 1. The summed E-state index contributed by atoms with van der Waals surface area (Å²) in [7, 11) is 0. The number of rotatable bonds is 12. The molecule has 0 spiro atoms. The van der Waals surface area contributed by atoms with E-state index in [-0.39, 0.29) is 23.5 Å². The van der Waals surface area contributed by atoms with Gasteiger partial charge in [-0.05, 0) is 37.7 Å². The number of carboxylic acids is 1. The fourth-order valence-corrected chi connectivity index (χ4v) is 3.78. The molecule has 140 valence electrons. The van der Waals surface area contributed by atoms with Crippen molar-refractivity contribution in [3.8, 4) is 0 Å². The van der Waals surface area contributed by atoms with Crippen LogP contribution in [0.15, 0.2) is 24.3 Å². The van der Waals surface area contributed by atoms with E-state index in [9.17, 15) is 14.7 Å². The summed E-state index contributed by atoms with van der Waals surface area (Å²) in [5.41, 5.74) is 0. The minimum atomic E-state index is -0.664. The number of allylic oxidation sites excluding steroid dienone is 3. The van der Waals surface area contributed by atoms with Gasteiger partial charge in [-0.25, -0.2) is 0 Å². The van der Waals surface area contributed by atoms with Crippen molar-refractivity contribution in [1.82, 2.24) is 0 Å². The summed E-state index contributed by atoms with van der Waals surface area (Å²) < 4.78 is 0. The fraction of sp³-hybridized carbons (Fsp3) is 0.714. The van der Waals surface area contributed by atoms with Crippen LogP contribution >= 0.6 is 0 Å². The average molecular weight is 348 g/mol. The maximum Gasteiger partial charge on any atom is 0.306 e. The first-order valence-electron chi connectivity index (χ1n) is 9.84. The smallest absolute Gasteiger partial charge is 0.306 e. The minimum Gasteiger partial charge on any atom is -0.481 e. The number of carboxylic acid groups (broad SMARTS) is 1. The number of hydrogen-bond donors (Lipinski definition) is 2. The number of unbranched alkanes of at least 4 members (excludes halogenated alkanes) is 3. The second-order valence-corrected chi connectivity index (χ2v) is 7.62. The maximum absolute atomic E-state index is 12.1. The normalized spacial score (nSPS) is 29.4. The summed E-state index contributed by atoms with van der Waals surface area (Å²) in [6, 6.07) is 0. The lowest BCUT2D eigenvalue weighted by atomic mass is 9.88. The second kappa shape index (κ2) is 9.91. The van der Waals surface area contributed by atoms with Crippen molar-refractivity contribution in [2.45, 2.75) is 70.8 Å². The van der Waals surface area contributed by atoms with Crippen LogP contribution in [-0.2, 0) is 9.59 Å². The van der Waals surface area contributed by atoms with E-state index in [0.29, 0.717) is 5.92 Å². The van der Waals surface area contributed by atoms with Gasteiger partial charge in [0.05, 0.1) is 12.0 Å². The van der Waals surface area contributed by atoms with Crippen molar-refractivity contribution in [1.29, 1.82) is 0 Å². The summed E-state index contributed by atoms with van der Waals surface area (Å²) in [6.45, 7) is 2.15. The Morgan fingerprint density at radius 3 is 2.72 bits per heavy atom. The van der Waals surface area contributed by atoms with E-state index in [1.54, 1.807) is 6.08 Å². The first-order chi connectivity index (χ1) is 12.0. The molecule has 2 rings (SSSR count). The molecule has 5 atom stereocenters. The predicted octanol–water partition coefficient (Wildman–Crippen LogP) is 4.14. The molecule has 4 heteroatoms. The van der Waals surface area contributed by atoms with Gasteiger partial charge in [0.25, 0.3) is 0 Å². The van der Waals surface area contributed by atoms with Gasteiger partial charge in [0.15, 0.2) is 5.78 Å². The van der Waals surface area contributed by atoms with E-state index in [0.717, 1.165) is 57.8 Å². The SMILES string of the molecule is CCCCC[C@H](O)C=C[C@H]1C=CC(=O)[C@@H]1CCCC[C@@H]1C[C@H]1C(=O)O. The zero-order chi connectivity index (χ0) is 18.2. The van der Waals surface area contributed by atoms with Crippen LogP contribution in [0.3, 0.4) is 0 Å². The Hall–Kier alpha value is -1.42. The van der Waals surface area contributed by atoms with Crippen molar-refractivity contribution < 1.29 is 19.8 Å². The molecule has 0 amide bonds. The Morgan fingerprint density at radius 1 is 1.28 bits per heavy atom. The molecule has 1 saturated carbocycles. The number of carbonyl (C=O) groups excluding carboxylic acids is 1. The van der Waals surface area contributed by atoms with E-state index in [4.69, 9.17) is 5.11 Å². The molecule has 0 heterocycles. The Balaban J connectivity index is 1.68. The highest BCUT2D eigenvalue weighted by molar-refractivity contribution is 5.94. The van der Waals surface area contributed by atoms with Crippen molar-refractivity contribution in [2.24, 2.45) is 23.7 Å². The van der Waals surface area contributed by atoms with Gasteiger partial charge < -0.3 is 10.2 Å². The summed E-state index contributed by atoms with van der Waals surface area (Å²) >= 11 is 0. The van der Waals surface area contributed by atoms with Gasteiger partial charge in [-0.15, -0.1) is 0 Å². The Bertz CT molecular complexity index is 508. The van der Waals surface area contributed by atoms with Gasteiger partial charge in [0, 0.05) is 11.8 Å². The van der Waals surface area contributed by atoms with Crippen LogP contribution in [0.4, 0.5) is 0 Å². The fourth-order valence-electron chi connectivity index (χ4n) is 3.78. The lowest BCUT2D eigenvalue weighted by Crippen LogP contribution is -2.15. The molecule has 0 saturated heterocycles. The largest absolute Gasteiger partial charge is 0.481 e. The average Bonchev–Trinajstić information content (AvgIpc) is 3.28. The topological polar surface area (TPSA) is 74.6 Å². The lowest BCUT2D eigenvalue weighted by molar-refractivity contribution is -0.138.